The Labute approximate surface area is 252 Å². The Morgan fingerprint density at radius 1 is 1.00 bits per heavy atom. The Bertz CT molecular complexity index is 2020. The molecular formula is C34H30N4O4S. The number of ether oxygens (including phenoxy) is 2. The van der Waals surface area contributed by atoms with E-state index in [9.17, 15) is 9.59 Å². The van der Waals surface area contributed by atoms with E-state index < -0.39 is 12.0 Å². The van der Waals surface area contributed by atoms with Crippen LogP contribution in [0, 0.1) is 6.92 Å². The Hall–Kier alpha value is -5.02. The van der Waals surface area contributed by atoms with Crippen molar-refractivity contribution in [1.82, 2.24) is 14.3 Å². The number of allylic oxidation sites excluding steroid dienone is 1. The molecule has 0 fully saturated rings. The van der Waals surface area contributed by atoms with E-state index in [2.05, 4.69) is 0 Å². The normalized spacial score (nSPS) is 14.8. The summed E-state index contributed by atoms with van der Waals surface area (Å²) in [4.78, 5) is 32.6. The molecule has 6 rings (SSSR count). The number of hydrogen-bond acceptors (Lipinski definition) is 7. The summed E-state index contributed by atoms with van der Waals surface area (Å²) in [6.45, 7) is 5.79. The molecule has 8 nitrogen and oxygen atoms in total. The second-order valence-electron chi connectivity index (χ2n) is 10.2. The van der Waals surface area contributed by atoms with Crippen molar-refractivity contribution < 1.29 is 14.3 Å². The van der Waals surface area contributed by atoms with Gasteiger partial charge < -0.3 is 9.47 Å². The summed E-state index contributed by atoms with van der Waals surface area (Å²) in [5.74, 6) is 0.179. The van der Waals surface area contributed by atoms with Crippen molar-refractivity contribution in [2.45, 2.75) is 26.8 Å². The lowest BCUT2D eigenvalue weighted by atomic mass is 9.96. The zero-order chi connectivity index (χ0) is 30.1. The molecule has 2 aromatic heterocycles. The maximum absolute atomic E-state index is 14.2. The first-order valence-electron chi connectivity index (χ1n) is 13.9. The van der Waals surface area contributed by atoms with E-state index in [0.29, 0.717) is 26.4 Å². The lowest BCUT2D eigenvalue weighted by molar-refractivity contribution is -0.139. The van der Waals surface area contributed by atoms with Crippen molar-refractivity contribution in [3.8, 4) is 22.7 Å². The van der Waals surface area contributed by atoms with Gasteiger partial charge in [-0.3, -0.25) is 9.36 Å². The van der Waals surface area contributed by atoms with Gasteiger partial charge in [-0.05, 0) is 56.7 Å². The third kappa shape index (κ3) is 5.35. The molecule has 3 aromatic carbocycles. The van der Waals surface area contributed by atoms with E-state index in [-0.39, 0.29) is 12.2 Å². The standard InChI is InChI=1S/C34H30N4O4S/c1-5-42-33(40)29-22(3)35-34-38(31(29)24-15-17-27(41-4)18-16-24)32(39)28(43-34)19-25-20-37(26-9-7-6-8-10-26)36-30(25)23-13-11-21(2)12-14-23/h6-20,31H,5H2,1-4H3/b28-19-. The minimum atomic E-state index is -0.702. The van der Waals surface area contributed by atoms with Crippen LogP contribution in [0.25, 0.3) is 23.0 Å². The van der Waals surface area contributed by atoms with Crippen LogP contribution in [0.15, 0.2) is 106 Å². The molecule has 1 unspecified atom stereocenters. The minimum absolute atomic E-state index is 0.211. The lowest BCUT2D eigenvalue weighted by Gasteiger charge is -2.24. The first kappa shape index (κ1) is 28.1. The number of aryl methyl sites for hydroxylation is 1. The van der Waals surface area contributed by atoms with Gasteiger partial charge in [-0.15, -0.1) is 0 Å². The highest BCUT2D eigenvalue weighted by molar-refractivity contribution is 7.07. The molecule has 1 atom stereocenters. The van der Waals surface area contributed by atoms with Crippen molar-refractivity contribution in [3.05, 3.63) is 133 Å². The first-order chi connectivity index (χ1) is 20.9. The number of benzene rings is 3. The van der Waals surface area contributed by atoms with E-state index in [1.54, 1.807) is 25.5 Å². The van der Waals surface area contributed by atoms with Crippen LogP contribution in [-0.4, -0.2) is 34.0 Å². The molecular weight excluding hydrogens is 560 g/mol. The molecule has 5 aromatic rings. The number of thiazole rings is 1. The van der Waals surface area contributed by atoms with Gasteiger partial charge in [0.1, 0.15) is 5.75 Å². The minimum Gasteiger partial charge on any atom is -0.497 e. The summed E-state index contributed by atoms with van der Waals surface area (Å²) in [6.07, 6.45) is 3.79. The van der Waals surface area contributed by atoms with Gasteiger partial charge in [0.05, 0.1) is 46.9 Å². The Morgan fingerprint density at radius 3 is 2.40 bits per heavy atom. The van der Waals surface area contributed by atoms with Crippen LogP contribution < -0.4 is 19.6 Å². The van der Waals surface area contributed by atoms with E-state index in [1.165, 1.54) is 11.3 Å². The molecule has 0 spiro atoms. The average molecular weight is 591 g/mol. The average Bonchev–Trinajstić information content (AvgIpc) is 3.58. The molecule has 0 aliphatic carbocycles. The monoisotopic (exact) mass is 590 g/mol. The maximum atomic E-state index is 14.2. The molecule has 0 saturated carbocycles. The molecule has 9 heteroatoms. The number of rotatable bonds is 7. The van der Waals surface area contributed by atoms with Gasteiger partial charge in [0.25, 0.3) is 5.56 Å². The molecule has 216 valence electrons. The van der Waals surface area contributed by atoms with Crippen LogP contribution in [0.4, 0.5) is 0 Å². The summed E-state index contributed by atoms with van der Waals surface area (Å²) in [5, 5.41) is 4.91. The number of fused-ring (bicyclic) bond motifs is 1. The molecule has 1 aliphatic heterocycles. The molecule has 43 heavy (non-hydrogen) atoms. The molecule has 0 saturated heterocycles. The van der Waals surface area contributed by atoms with Crippen LogP contribution >= 0.6 is 11.3 Å². The topological polar surface area (TPSA) is 87.7 Å². The smallest absolute Gasteiger partial charge is 0.338 e. The summed E-state index contributed by atoms with van der Waals surface area (Å²) >= 11 is 1.29. The fourth-order valence-corrected chi connectivity index (χ4v) is 6.21. The third-order valence-corrected chi connectivity index (χ3v) is 8.31. The summed E-state index contributed by atoms with van der Waals surface area (Å²) < 4.78 is 14.6. The molecule has 3 heterocycles. The number of esters is 1. The van der Waals surface area contributed by atoms with E-state index >= 15 is 0 Å². The highest BCUT2D eigenvalue weighted by Gasteiger charge is 2.33. The highest BCUT2D eigenvalue weighted by atomic mass is 32.1. The Balaban J connectivity index is 1.55. The predicted octanol–water partition coefficient (Wildman–Crippen LogP) is 4.97. The van der Waals surface area contributed by atoms with Crippen LogP contribution in [0.5, 0.6) is 5.75 Å². The molecule has 0 radical (unpaired) electrons. The predicted molar refractivity (Wildman–Crippen MR) is 167 cm³/mol. The zero-order valence-electron chi connectivity index (χ0n) is 24.3. The van der Waals surface area contributed by atoms with Gasteiger partial charge in [0.2, 0.25) is 0 Å². The summed E-state index contributed by atoms with van der Waals surface area (Å²) in [7, 11) is 1.59. The second kappa shape index (κ2) is 11.7. The Morgan fingerprint density at radius 2 is 1.72 bits per heavy atom. The number of carbonyl (C=O) groups is 1. The molecule has 0 N–H and O–H groups in total. The van der Waals surface area contributed by atoms with Crippen LogP contribution in [0.2, 0.25) is 0 Å². The number of hydrogen-bond donors (Lipinski definition) is 0. The van der Waals surface area contributed by atoms with Gasteiger partial charge in [0, 0.05) is 17.3 Å². The summed E-state index contributed by atoms with van der Waals surface area (Å²) in [6, 6.07) is 24.7. The lowest BCUT2D eigenvalue weighted by Crippen LogP contribution is -2.39. The maximum Gasteiger partial charge on any atom is 0.338 e. The van der Waals surface area contributed by atoms with Gasteiger partial charge in [-0.1, -0.05) is 71.5 Å². The van der Waals surface area contributed by atoms with E-state index in [0.717, 1.165) is 33.6 Å². The van der Waals surface area contributed by atoms with Gasteiger partial charge in [0.15, 0.2) is 4.80 Å². The van der Waals surface area contributed by atoms with Crippen molar-refractivity contribution in [2.24, 2.45) is 4.99 Å². The Kier molecular flexibility index (Phi) is 7.65. The number of para-hydroxylation sites is 1. The van der Waals surface area contributed by atoms with E-state index in [4.69, 9.17) is 19.6 Å². The number of carbonyl (C=O) groups excluding carboxylic acids is 1. The van der Waals surface area contributed by atoms with Crippen LogP contribution in [0.1, 0.15) is 36.6 Å². The number of nitrogens with zero attached hydrogens (tertiary/aromatic N) is 4. The molecule has 0 bridgehead atoms. The fraction of sp³-hybridized carbons (Fsp3) is 0.176. The summed E-state index contributed by atoms with van der Waals surface area (Å²) in [5.41, 5.74) is 5.90. The molecule has 0 amide bonds. The number of methoxy groups -OCH3 is 1. The van der Waals surface area contributed by atoms with Crippen molar-refractivity contribution >= 4 is 23.4 Å². The van der Waals surface area contributed by atoms with Crippen LogP contribution in [-0.2, 0) is 9.53 Å². The van der Waals surface area contributed by atoms with Gasteiger partial charge >= 0.3 is 5.97 Å². The van der Waals surface area contributed by atoms with E-state index in [1.807, 2.05) is 103 Å². The zero-order valence-corrected chi connectivity index (χ0v) is 25.1. The van der Waals surface area contributed by atoms with Gasteiger partial charge in [-0.2, -0.15) is 5.10 Å². The third-order valence-electron chi connectivity index (χ3n) is 7.32. The van der Waals surface area contributed by atoms with Gasteiger partial charge in [-0.25, -0.2) is 14.5 Å². The first-order valence-corrected chi connectivity index (χ1v) is 14.8. The number of aromatic nitrogens is 3. The quantitative estimate of drug-likeness (QED) is 0.250. The van der Waals surface area contributed by atoms with Crippen molar-refractivity contribution in [2.75, 3.05) is 13.7 Å². The largest absolute Gasteiger partial charge is 0.497 e. The fourth-order valence-electron chi connectivity index (χ4n) is 5.18. The SMILES string of the molecule is CCOC(=O)C1=C(C)N=c2s/c(=C\c3cn(-c4ccccc4)nc3-c3ccc(C)cc3)c(=O)n2C1c1ccc(OC)cc1. The molecule has 1 aliphatic rings. The van der Waals surface area contributed by atoms with Crippen molar-refractivity contribution in [1.29, 1.82) is 0 Å². The second-order valence-corrected chi connectivity index (χ2v) is 11.2. The highest BCUT2D eigenvalue weighted by Crippen LogP contribution is 2.32. The van der Waals surface area contributed by atoms with Crippen molar-refractivity contribution in [3.63, 3.8) is 0 Å². The van der Waals surface area contributed by atoms with Crippen LogP contribution in [0.3, 0.4) is 0 Å².